The standard InChI is InChI=1S/C18H21F3N4O/c1-14-4-2-3-5-15(14)12-23-8-10-24(11-9-23)17(26)13-25-7-6-16(22-25)18(19,20)21/h2-7H,8-13H2,1H3. The van der Waals surface area contributed by atoms with Gasteiger partial charge in [0.05, 0.1) is 0 Å². The Balaban J connectivity index is 1.51. The lowest BCUT2D eigenvalue weighted by Gasteiger charge is -2.35. The maximum atomic E-state index is 12.6. The zero-order valence-corrected chi connectivity index (χ0v) is 14.5. The molecule has 1 fully saturated rings. The smallest absolute Gasteiger partial charge is 0.339 e. The van der Waals surface area contributed by atoms with Gasteiger partial charge in [-0.1, -0.05) is 24.3 Å². The van der Waals surface area contributed by atoms with Gasteiger partial charge >= 0.3 is 6.18 Å². The van der Waals surface area contributed by atoms with Crippen molar-refractivity contribution in [2.75, 3.05) is 26.2 Å². The number of benzene rings is 1. The highest BCUT2D eigenvalue weighted by Crippen LogP contribution is 2.27. The highest BCUT2D eigenvalue weighted by molar-refractivity contribution is 5.76. The van der Waals surface area contributed by atoms with Gasteiger partial charge in [0, 0.05) is 38.9 Å². The Labute approximate surface area is 150 Å². The van der Waals surface area contributed by atoms with Crippen molar-refractivity contribution in [1.82, 2.24) is 19.6 Å². The second kappa shape index (κ2) is 7.49. The van der Waals surface area contributed by atoms with Crippen molar-refractivity contribution in [3.05, 3.63) is 53.3 Å². The van der Waals surface area contributed by atoms with E-state index in [1.54, 1.807) is 4.90 Å². The fraction of sp³-hybridized carbons (Fsp3) is 0.444. The molecule has 2 heterocycles. The summed E-state index contributed by atoms with van der Waals surface area (Å²) in [5.41, 5.74) is 1.53. The molecule has 0 bridgehead atoms. The van der Waals surface area contributed by atoms with E-state index in [1.165, 1.54) is 17.3 Å². The van der Waals surface area contributed by atoms with Crippen LogP contribution in [0.2, 0.25) is 0 Å². The van der Waals surface area contributed by atoms with Crippen LogP contribution >= 0.6 is 0 Å². The van der Waals surface area contributed by atoms with E-state index in [2.05, 4.69) is 29.1 Å². The molecule has 1 aliphatic heterocycles. The van der Waals surface area contributed by atoms with Crippen molar-refractivity contribution in [3.63, 3.8) is 0 Å². The minimum atomic E-state index is -4.49. The number of hydrogen-bond donors (Lipinski definition) is 0. The lowest BCUT2D eigenvalue weighted by Crippen LogP contribution is -2.49. The summed E-state index contributed by atoms with van der Waals surface area (Å²) >= 11 is 0. The van der Waals surface area contributed by atoms with Crippen LogP contribution in [-0.4, -0.2) is 51.7 Å². The number of carbonyl (C=O) groups excluding carboxylic acids is 1. The molecule has 0 N–H and O–H groups in total. The SMILES string of the molecule is Cc1ccccc1CN1CCN(C(=O)Cn2ccc(C(F)(F)F)n2)CC1. The second-order valence-electron chi connectivity index (χ2n) is 6.48. The summed E-state index contributed by atoms with van der Waals surface area (Å²) in [6.07, 6.45) is -3.30. The number of piperazine rings is 1. The van der Waals surface area contributed by atoms with E-state index in [-0.39, 0.29) is 12.5 Å². The second-order valence-corrected chi connectivity index (χ2v) is 6.48. The van der Waals surface area contributed by atoms with Crippen molar-refractivity contribution < 1.29 is 18.0 Å². The van der Waals surface area contributed by atoms with E-state index in [1.807, 2.05) is 12.1 Å². The summed E-state index contributed by atoms with van der Waals surface area (Å²) in [5.74, 6) is -0.211. The van der Waals surface area contributed by atoms with Gasteiger partial charge in [0.1, 0.15) is 6.54 Å². The number of aromatic nitrogens is 2. The molecular formula is C18H21F3N4O. The molecule has 1 aromatic heterocycles. The predicted octanol–water partition coefficient (Wildman–Crippen LogP) is 2.55. The van der Waals surface area contributed by atoms with E-state index >= 15 is 0 Å². The maximum absolute atomic E-state index is 12.6. The van der Waals surface area contributed by atoms with Crippen molar-refractivity contribution >= 4 is 5.91 Å². The third-order valence-electron chi connectivity index (χ3n) is 4.61. The largest absolute Gasteiger partial charge is 0.435 e. The van der Waals surface area contributed by atoms with Crippen LogP contribution in [0.15, 0.2) is 36.5 Å². The summed E-state index contributed by atoms with van der Waals surface area (Å²) in [4.78, 5) is 16.3. The van der Waals surface area contributed by atoms with Gasteiger partial charge in [-0.15, -0.1) is 0 Å². The van der Waals surface area contributed by atoms with Gasteiger partial charge in [-0.3, -0.25) is 14.4 Å². The number of nitrogens with zero attached hydrogens (tertiary/aromatic N) is 4. The van der Waals surface area contributed by atoms with Crippen LogP contribution in [-0.2, 0) is 24.1 Å². The first kappa shape index (κ1) is 18.4. The van der Waals surface area contributed by atoms with Gasteiger partial charge in [-0.2, -0.15) is 18.3 Å². The van der Waals surface area contributed by atoms with E-state index in [4.69, 9.17) is 0 Å². The highest BCUT2D eigenvalue weighted by atomic mass is 19.4. The monoisotopic (exact) mass is 366 g/mol. The van der Waals surface area contributed by atoms with E-state index < -0.39 is 11.9 Å². The van der Waals surface area contributed by atoms with Crippen molar-refractivity contribution in [3.8, 4) is 0 Å². The molecule has 8 heteroatoms. The Morgan fingerprint density at radius 1 is 1.12 bits per heavy atom. The third-order valence-corrected chi connectivity index (χ3v) is 4.61. The van der Waals surface area contributed by atoms with Gasteiger partial charge < -0.3 is 4.90 Å². The summed E-state index contributed by atoms with van der Waals surface area (Å²) in [6.45, 7) is 5.36. The normalized spacial score (nSPS) is 16.1. The Bertz CT molecular complexity index is 764. The van der Waals surface area contributed by atoms with E-state index in [0.717, 1.165) is 30.4 Å². The lowest BCUT2D eigenvalue weighted by atomic mass is 10.1. The molecule has 5 nitrogen and oxygen atoms in total. The molecule has 0 unspecified atom stereocenters. The molecule has 3 rings (SSSR count). The average molecular weight is 366 g/mol. The van der Waals surface area contributed by atoms with Crippen LogP contribution < -0.4 is 0 Å². The molecule has 0 radical (unpaired) electrons. The van der Waals surface area contributed by atoms with Crippen molar-refractivity contribution in [2.24, 2.45) is 0 Å². The number of rotatable bonds is 4. The molecule has 0 atom stereocenters. The first-order valence-electron chi connectivity index (χ1n) is 8.48. The molecule has 26 heavy (non-hydrogen) atoms. The molecule has 1 aliphatic rings. The van der Waals surface area contributed by atoms with Gasteiger partial charge in [0.15, 0.2) is 5.69 Å². The fourth-order valence-corrected chi connectivity index (χ4v) is 3.02. The minimum Gasteiger partial charge on any atom is -0.339 e. The fourth-order valence-electron chi connectivity index (χ4n) is 3.02. The molecule has 1 aromatic carbocycles. The Kier molecular flexibility index (Phi) is 5.31. The topological polar surface area (TPSA) is 41.4 Å². The first-order chi connectivity index (χ1) is 12.3. The number of aryl methyl sites for hydroxylation is 1. The van der Waals surface area contributed by atoms with E-state index in [0.29, 0.717) is 13.1 Å². The van der Waals surface area contributed by atoms with Gasteiger partial charge in [-0.05, 0) is 24.1 Å². The van der Waals surface area contributed by atoms with Crippen molar-refractivity contribution in [2.45, 2.75) is 26.2 Å². The summed E-state index contributed by atoms with van der Waals surface area (Å²) in [7, 11) is 0. The van der Waals surface area contributed by atoms with Crippen LogP contribution in [0.3, 0.4) is 0 Å². The Morgan fingerprint density at radius 3 is 2.42 bits per heavy atom. The van der Waals surface area contributed by atoms with Crippen LogP contribution in [0.25, 0.3) is 0 Å². The minimum absolute atomic E-state index is 0.173. The Morgan fingerprint density at radius 2 is 1.81 bits per heavy atom. The van der Waals surface area contributed by atoms with Gasteiger partial charge in [0.25, 0.3) is 0 Å². The molecule has 0 spiro atoms. The van der Waals surface area contributed by atoms with Crippen molar-refractivity contribution in [1.29, 1.82) is 0 Å². The predicted molar refractivity (Wildman–Crippen MR) is 90.3 cm³/mol. The highest BCUT2D eigenvalue weighted by Gasteiger charge is 2.33. The summed E-state index contributed by atoms with van der Waals surface area (Å²) in [6, 6.07) is 9.08. The summed E-state index contributed by atoms with van der Waals surface area (Å²) in [5, 5.41) is 3.43. The number of alkyl halides is 3. The zero-order valence-electron chi connectivity index (χ0n) is 14.5. The molecule has 140 valence electrons. The molecule has 1 saturated heterocycles. The van der Waals surface area contributed by atoms with Gasteiger partial charge in [0.2, 0.25) is 5.91 Å². The zero-order chi connectivity index (χ0) is 18.7. The van der Waals surface area contributed by atoms with E-state index in [9.17, 15) is 18.0 Å². The average Bonchev–Trinajstić information content (AvgIpc) is 3.06. The van der Waals surface area contributed by atoms with Crippen LogP contribution in [0, 0.1) is 6.92 Å². The van der Waals surface area contributed by atoms with Gasteiger partial charge in [-0.25, -0.2) is 0 Å². The number of halogens is 3. The Hall–Kier alpha value is -2.35. The molecule has 1 amide bonds. The molecule has 0 saturated carbocycles. The number of carbonyl (C=O) groups is 1. The molecular weight excluding hydrogens is 345 g/mol. The maximum Gasteiger partial charge on any atom is 0.435 e. The number of amides is 1. The quantitative estimate of drug-likeness (QED) is 0.835. The van der Waals surface area contributed by atoms with Crippen LogP contribution in [0.5, 0.6) is 0 Å². The van der Waals surface area contributed by atoms with Crippen LogP contribution in [0.1, 0.15) is 16.8 Å². The lowest BCUT2D eigenvalue weighted by molar-refractivity contribution is -0.142. The molecule has 0 aliphatic carbocycles. The first-order valence-corrected chi connectivity index (χ1v) is 8.48. The summed E-state index contributed by atoms with van der Waals surface area (Å²) < 4.78 is 38.7. The third kappa shape index (κ3) is 4.43. The molecule has 2 aromatic rings. The number of hydrogen-bond acceptors (Lipinski definition) is 3. The van der Waals surface area contributed by atoms with Crippen LogP contribution in [0.4, 0.5) is 13.2 Å².